The third-order valence-electron chi connectivity index (χ3n) is 4.83. The van der Waals surface area contributed by atoms with Gasteiger partial charge >= 0.3 is 0 Å². The molecule has 5 rings (SSSR count). The van der Waals surface area contributed by atoms with Crippen molar-refractivity contribution in [2.24, 2.45) is 0 Å². The van der Waals surface area contributed by atoms with E-state index in [4.69, 9.17) is 0 Å². The topological polar surface area (TPSA) is 62.5 Å². The summed E-state index contributed by atoms with van der Waals surface area (Å²) in [5, 5.41) is 9.27. The molecule has 0 atom stereocenters. The smallest absolute Gasteiger partial charge is 0.203 e. The Morgan fingerprint density at radius 3 is 2.96 bits per heavy atom. The largest absolute Gasteiger partial charge is 0.349 e. The third kappa shape index (κ3) is 2.31. The van der Waals surface area contributed by atoms with E-state index >= 15 is 0 Å². The van der Waals surface area contributed by atoms with Crippen LogP contribution in [0.4, 0.5) is 15.3 Å². The van der Waals surface area contributed by atoms with Crippen LogP contribution >= 0.6 is 11.3 Å². The second kappa shape index (κ2) is 5.60. The highest BCUT2D eigenvalue weighted by Gasteiger charge is 2.33. The molecule has 4 aromatic rings. The monoisotopic (exact) mass is 369 g/mol. The number of aryl methyl sites for hydroxylation is 1. The van der Waals surface area contributed by atoms with Gasteiger partial charge in [0, 0.05) is 32.5 Å². The van der Waals surface area contributed by atoms with Gasteiger partial charge in [-0.1, -0.05) is 11.3 Å². The van der Waals surface area contributed by atoms with E-state index in [0.29, 0.717) is 6.04 Å². The van der Waals surface area contributed by atoms with Gasteiger partial charge < -0.3 is 9.80 Å². The SMILES string of the molecule is Cc1nnc2c(N3CC(N(C)c4nc5ccc(F)cc5s4)C3)nccn12. The van der Waals surface area contributed by atoms with Crippen LogP contribution in [0, 0.1) is 12.7 Å². The van der Waals surface area contributed by atoms with Crippen molar-refractivity contribution < 1.29 is 4.39 Å². The second-order valence-electron chi connectivity index (χ2n) is 6.47. The first-order valence-electron chi connectivity index (χ1n) is 8.30. The van der Waals surface area contributed by atoms with Crippen molar-refractivity contribution in [3.63, 3.8) is 0 Å². The molecule has 4 heterocycles. The molecule has 0 aliphatic carbocycles. The summed E-state index contributed by atoms with van der Waals surface area (Å²) in [5.41, 5.74) is 1.61. The summed E-state index contributed by atoms with van der Waals surface area (Å²) >= 11 is 1.51. The van der Waals surface area contributed by atoms with Crippen molar-refractivity contribution in [2.75, 3.05) is 29.9 Å². The van der Waals surface area contributed by atoms with Crippen LogP contribution in [0.2, 0.25) is 0 Å². The molecule has 1 aromatic carbocycles. The molecule has 0 radical (unpaired) electrons. The Bertz CT molecular complexity index is 1110. The van der Waals surface area contributed by atoms with Gasteiger partial charge in [-0.15, -0.1) is 10.2 Å². The number of likely N-dealkylation sites (N-methyl/N-ethyl adjacent to an activating group) is 1. The number of rotatable bonds is 3. The highest BCUT2D eigenvalue weighted by Crippen LogP contribution is 2.32. The molecule has 1 aliphatic rings. The van der Waals surface area contributed by atoms with Crippen molar-refractivity contribution in [2.45, 2.75) is 13.0 Å². The molecule has 7 nitrogen and oxygen atoms in total. The fourth-order valence-corrected chi connectivity index (χ4v) is 4.24. The van der Waals surface area contributed by atoms with Gasteiger partial charge in [-0.25, -0.2) is 14.4 Å². The Balaban J connectivity index is 1.36. The molecule has 0 saturated carbocycles. The fourth-order valence-electron chi connectivity index (χ4n) is 3.22. The minimum Gasteiger partial charge on any atom is -0.349 e. The van der Waals surface area contributed by atoms with E-state index in [9.17, 15) is 4.39 Å². The molecule has 3 aromatic heterocycles. The quantitative estimate of drug-likeness (QED) is 0.553. The lowest BCUT2D eigenvalue weighted by atomic mass is 10.1. The third-order valence-corrected chi connectivity index (χ3v) is 5.94. The van der Waals surface area contributed by atoms with Gasteiger partial charge in [0.05, 0.1) is 16.3 Å². The lowest BCUT2D eigenvalue weighted by Crippen LogP contribution is -2.59. The Morgan fingerprint density at radius 1 is 1.27 bits per heavy atom. The van der Waals surface area contributed by atoms with Gasteiger partial charge in [0.15, 0.2) is 10.9 Å². The molecule has 9 heteroatoms. The lowest BCUT2D eigenvalue weighted by Gasteiger charge is -2.44. The summed E-state index contributed by atoms with van der Waals surface area (Å²) in [6, 6.07) is 5.04. The summed E-state index contributed by atoms with van der Waals surface area (Å²) < 4.78 is 16.2. The van der Waals surface area contributed by atoms with E-state index in [1.807, 2.05) is 24.6 Å². The number of nitrogens with zero attached hydrogens (tertiary/aromatic N) is 7. The number of thiazole rings is 1. The van der Waals surface area contributed by atoms with Gasteiger partial charge in [0.1, 0.15) is 11.6 Å². The zero-order valence-corrected chi connectivity index (χ0v) is 15.1. The van der Waals surface area contributed by atoms with Crippen LogP contribution < -0.4 is 9.80 Å². The number of aromatic nitrogens is 5. The highest BCUT2D eigenvalue weighted by molar-refractivity contribution is 7.22. The zero-order valence-electron chi connectivity index (χ0n) is 14.3. The minimum absolute atomic E-state index is 0.229. The van der Waals surface area contributed by atoms with Crippen LogP contribution in [-0.4, -0.2) is 50.7 Å². The average Bonchev–Trinajstić information content (AvgIpc) is 3.17. The first-order chi connectivity index (χ1) is 12.6. The maximum Gasteiger partial charge on any atom is 0.203 e. The predicted molar refractivity (Wildman–Crippen MR) is 99.5 cm³/mol. The normalized spacial score (nSPS) is 15.0. The van der Waals surface area contributed by atoms with Crippen molar-refractivity contribution in [1.82, 2.24) is 24.6 Å². The maximum absolute atomic E-state index is 13.4. The van der Waals surface area contributed by atoms with E-state index in [0.717, 1.165) is 45.7 Å². The Labute approximate surface area is 152 Å². The summed E-state index contributed by atoms with van der Waals surface area (Å²) in [7, 11) is 2.03. The van der Waals surface area contributed by atoms with Crippen LogP contribution in [0.3, 0.4) is 0 Å². The van der Waals surface area contributed by atoms with Crippen molar-refractivity contribution >= 4 is 38.2 Å². The van der Waals surface area contributed by atoms with Crippen molar-refractivity contribution in [3.8, 4) is 0 Å². The summed E-state index contributed by atoms with van der Waals surface area (Å²) in [6.07, 6.45) is 3.65. The van der Waals surface area contributed by atoms with E-state index in [1.54, 1.807) is 12.3 Å². The number of hydrogen-bond donors (Lipinski definition) is 0. The van der Waals surface area contributed by atoms with Crippen LogP contribution in [0.1, 0.15) is 5.82 Å². The Morgan fingerprint density at radius 2 is 2.12 bits per heavy atom. The molecule has 0 spiro atoms. The molecule has 0 unspecified atom stereocenters. The second-order valence-corrected chi connectivity index (χ2v) is 7.48. The fraction of sp³-hybridized carbons (Fsp3) is 0.294. The van der Waals surface area contributed by atoms with Crippen LogP contribution in [0.5, 0.6) is 0 Å². The predicted octanol–water partition coefficient (Wildman–Crippen LogP) is 2.51. The Kier molecular flexibility index (Phi) is 3.33. The van der Waals surface area contributed by atoms with Crippen molar-refractivity contribution in [1.29, 1.82) is 0 Å². The number of anilines is 2. The summed E-state index contributed by atoms with van der Waals surface area (Å²) in [6.45, 7) is 3.59. The maximum atomic E-state index is 13.4. The van der Waals surface area contributed by atoms with Gasteiger partial charge in [-0.05, 0) is 25.1 Å². The number of hydrogen-bond acceptors (Lipinski definition) is 7. The van der Waals surface area contributed by atoms with E-state index < -0.39 is 0 Å². The van der Waals surface area contributed by atoms with E-state index in [1.165, 1.54) is 23.5 Å². The van der Waals surface area contributed by atoms with E-state index in [-0.39, 0.29) is 5.82 Å². The standard InChI is InChI=1S/C17H16FN7S/c1-10-21-22-16-15(19-5-6-25(10)16)24-8-12(9-24)23(2)17-20-13-4-3-11(18)7-14(13)26-17/h3-7,12H,8-9H2,1-2H3. The van der Waals surface area contributed by atoms with Crippen LogP contribution in [0.25, 0.3) is 15.9 Å². The van der Waals surface area contributed by atoms with E-state index in [2.05, 4.69) is 30.0 Å². The molecule has 132 valence electrons. The van der Waals surface area contributed by atoms with Crippen molar-refractivity contribution in [3.05, 3.63) is 42.2 Å². The Hall–Kier alpha value is -2.81. The molecule has 1 fully saturated rings. The minimum atomic E-state index is -0.229. The van der Waals surface area contributed by atoms with Gasteiger partial charge in [0.2, 0.25) is 5.65 Å². The highest BCUT2D eigenvalue weighted by atomic mass is 32.1. The first kappa shape index (κ1) is 15.4. The molecule has 0 bridgehead atoms. The molecule has 26 heavy (non-hydrogen) atoms. The molecule has 0 amide bonds. The number of fused-ring (bicyclic) bond motifs is 2. The molecule has 0 N–H and O–H groups in total. The first-order valence-corrected chi connectivity index (χ1v) is 9.12. The molecular formula is C17H16FN7S. The van der Waals surface area contributed by atoms with Crippen LogP contribution in [-0.2, 0) is 0 Å². The number of halogens is 1. The average molecular weight is 369 g/mol. The lowest BCUT2D eigenvalue weighted by molar-refractivity contribution is 0.492. The van der Waals surface area contributed by atoms with Gasteiger partial charge in [-0.2, -0.15) is 0 Å². The van der Waals surface area contributed by atoms with Gasteiger partial charge in [-0.3, -0.25) is 4.40 Å². The summed E-state index contributed by atoms with van der Waals surface area (Å²) in [4.78, 5) is 13.5. The van der Waals surface area contributed by atoms with Gasteiger partial charge in [0.25, 0.3) is 0 Å². The van der Waals surface area contributed by atoms with Crippen LogP contribution in [0.15, 0.2) is 30.6 Å². The molecular weight excluding hydrogens is 353 g/mol. The number of benzene rings is 1. The zero-order chi connectivity index (χ0) is 17.8. The molecule has 1 aliphatic heterocycles. The molecule has 1 saturated heterocycles. The summed E-state index contributed by atoms with van der Waals surface area (Å²) in [5.74, 6) is 1.47.